The average molecular weight is 234 g/mol. The molecular weight excluding hydrogens is 212 g/mol. The van der Waals surface area contributed by atoms with Gasteiger partial charge in [-0.05, 0) is 26.0 Å². The molecule has 1 aliphatic rings. The first-order valence-corrected chi connectivity index (χ1v) is 6.46. The molecular formula is C14H22N2O. The van der Waals surface area contributed by atoms with Crippen molar-refractivity contribution >= 4 is 0 Å². The number of aryl methyl sites for hydroxylation is 1. The van der Waals surface area contributed by atoms with Gasteiger partial charge in [0.05, 0.1) is 6.54 Å². The van der Waals surface area contributed by atoms with Gasteiger partial charge in [-0.1, -0.05) is 19.1 Å². The summed E-state index contributed by atoms with van der Waals surface area (Å²) in [6, 6.07) is 2.19. The van der Waals surface area contributed by atoms with E-state index in [9.17, 15) is 0 Å². The predicted octanol–water partition coefficient (Wildman–Crippen LogP) is 2.46. The van der Waals surface area contributed by atoms with E-state index in [0.29, 0.717) is 0 Å². The van der Waals surface area contributed by atoms with Crippen molar-refractivity contribution in [3.63, 3.8) is 0 Å². The second kappa shape index (κ2) is 6.03. The van der Waals surface area contributed by atoms with Gasteiger partial charge in [-0.25, -0.2) is 0 Å². The van der Waals surface area contributed by atoms with Crippen molar-refractivity contribution in [1.29, 1.82) is 0 Å². The summed E-state index contributed by atoms with van der Waals surface area (Å²) in [6.45, 7) is 9.20. The fourth-order valence-electron chi connectivity index (χ4n) is 2.15. The Balaban J connectivity index is 1.95. The van der Waals surface area contributed by atoms with Gasteiger partial charge in [-0.15, -0.1) is 0 Å². The molecule has 3 heteroatoms. The van der Waals surface area contributed by atoms with E-state index in [-0.39, 0.29) is 0 Å². The predicted molar refractivity (Wildman–Crippen MR) is 69.9 cm³/mol. The Labute approximate surface area is 103 Å². The lowest BCUT2D eigenvalue weighted by molar-refractivity contribution is 0.288. The van der Waals surface area contributed by atoms with Crippen LogP contribution >= 0.6 is 0 Å². The third kappa shape index (κ3) is 3.45. The molecule has 0 radical (unpaired) electrons. The smallest absolute Gasteiger partial charge is 0.118 e. The van der Waals surface area contributed by atoms with Gasteiger partial charge >= 0.3 is 0 Å². The third-order valence-electron chi connectivity index (χ3n) is 3.16. The van der Waals surface area contributed by atoms with Crippen LogP contribution in [0, 0.1) is 6.92 Å². The first-order valence-electron chi connectivity index (χ1n) is 6.46. The Morgan fingerprint density at radius 3 is 3.00 bits per heavy atom. The van der Waals surface area contributed by atoms with Gasteiger partial charge in [0.25, 0.3) is 0 Å². The summed E-state index contributed by atoms with van der Waals surface area (Å²) in [5.74, 6) is 2.11. The highest BCUT2D eigenvalue weighted by molar-refractivity contribution is 5.21. The van der Waals surface area contributed by atoms with Crippen molar-refractivity contribution in [2.24, 2.45) is 0 Å². The Kier molecular flexibility index (Phi) is 4.40. The van der Waals surface area contributed by atoms with Crippen LogP contribution in [0.1, 0.15) is 30.4 Å². The quantitative estimate of drug-likeness (QED) is 0.793. The molecule has 17 heavy (non-hydrogen) atoms. The topological polar surface area (TPSA) is 28.4 Å². The number of nitrogens with one attached hydrogen (secondary N) is 1. The summed E-state index contributed by atoms with van der Waals surface area (Å²) in [6.07, 6.45) is 5.68. The number of furan rings is 1. The number of nitrogens with zero attached hydrogens (tertiary/aromatic N) is 1. The van der Waals surface area contributed by atoms with E-state index < -0.39 is 0 Å². The van der Waals surface area contributed by atoms with Gasteiger partial charge in [0.1, 0.15) is 11.5 Å². The molecule has 0 fully saturated rings. The van der Waals surface area contributed by atoms with Gasteiger partial charge < -0.3 is 9.73 Å². The van der Waals surface area contributed by atoms with Crippen LogP contribution in [0.15, 0.2) is 22.6 Å². The van der Waals surface area contributed by atoms with Crippen LogP contribution in [-0.4, -0.2) is 24.5 Å². The minimum atomic E-state index is 0.831. The highest BCUT2D eigenvalue weighted by atomic mass is 16.3. The van der Waals surface area contributed by atoms with Gasteiger partial charge in [-0.3, -0.25) is 4.90 Å². The molecule has 0 bridgehead atoms. The second-order valence-electron chi connectivity index (χ2n) is 4.57. The molecule has 0 atom stereocenters. The van der Waals surface area contributed by atoms with Crippen molar-refractivity contribution in [1.82, 2.24) is 10.2 Å². The van der Waals surface area contributed by atoms with Crippen molar-refractivity contribution < 1.29 is 4.42 Å². The van der Waals surface area contributed by atoms with Crippen molar-refractivity contribution in [3.8, 4) is 0 Å². The molecule has 0 saturated carbocycles. The molecule has 0 spiro atoms. The molecule has 1 N–H and O–H groups in total. The molecule has 2 rings (SSSR count). The second-order valence-corrected chi connectivity index (χ2v) is 4.57. The van der Waals surface area contributed by atoms with Crippen LogP contribution in [0.2, 0.25) is 0 Å². The van der Waals surface area contributed by atoms with Gasteiger partial charge in [0, 0.05) is 25.2 Å². The maximum Gasteiger partial charge on any atom is 0.118 e. The highest BCUT2D eigenvalue weighted by Crippen LogP contribution is 2.17. The van der Waals surface area contributed by atoms with E-state index in [1.54, 1.807) is 0 Å². The van der Waals surface area contributed by atoms with Crippen LogP contribution in [0.25, 0.3) is 0 Å². The van der Waals surface area contributed by atoms with Crippen LogP contribution < -0.4 is 5.32 Å². The lowest BCUT2D eigenvalue weighted by atomic mass is 10.2. The zero-order valence-corrected chi connectivity index (χ0v) is 10.8. The van der Waals surface area contributed by atoms with Gasteiger partial charge in [0.2, 0.25) is 0 Å². The number of hydrogen-bond acceptors (Lipinski definition) is 3. The zero-order valence-electron chi connectivity index (χ0n) is 10.8. The summed E-state index contributed by atoms with van der Waals surface area (Å²) < 4.78 is 5.75. The van der Waals surface area contributed by atoms with Crippen molar-refractivity contribution in [2.45, 2.75) is 33.4 Å². The Hall–Kier alpha value is -1.06. The van der Waals surface area contributed by atoms with Crippen LogP contribution in [-0.2, 0) is 13.1 Å². The van der Waals surface area contributed by atoms with Crippen molar-refractivity contribution in [2.75, 3.05) is 19.6 Å². The summed E-state index contributed by atoms with van der Waals surface area (Å²) in [7, 11) is 0. The van der Waals surface area contributed by atoms with Crippen LogP contribution in [0.3, 0.4) is 0 Å². The standard InChI is InChI=1S/C14H22N2O/c1-3-15-10-14-9-13(12(2)17-14)11-16-7-5-4-6-8-16/h4-5,9,15H,3,6-8,10-11H2,1-2H3. The third-order valence-corrected chi connectivity index (χ3v) is 3.16. The summed E-state index contributed by atoms with van der Waals surface area (Å²) >= 11 is 0. The van der Waals surface area contributed by atoms with E-state index in [0.717, 1.165) is 44.2 Å². The monoisotopic (exact) mass is 234 g/mol. The summed E-state index contributed by atoms with van der Waals surface area (Å²) in [5.41, 5.74) is 1.33. The minimum Gasteiger partial charge on any atom is -0.465 e. The molecule has 0 saturated heterocycles. The lowest BCUT2D eigenvalue weighted by Crippen LogP contribution is -2.26. The molecule has 0 unspecified atom stereocenters. The van der Waals surface area contributed by atoms with Crippen molar-refractivity contribution in [3.05, 3.63) is 35.3 Å². The Morgan fingerprint density at radius 1 is 1.41 bits per heavy atom. The van der Waals surface area contributed by atoms with E-state index in [1.807, 2.05) is 0 Å². The fourth-order valence-corrected chi connectivity index (χ4v) is 2.15. The van der Waals surface area contributed by atoms with E-state index in [4.69, 9.17) is 4.42 Å². The lowest BCUT2D eigenvalue weighted by Gasteiger charge is -2.22. The van der Waals surface area contributed by atoms with Crippen LogP contribution in [0.5, 0.6) is 0 Å². The Morgan fingerprint density at radius 2 is 2.29 bits per heavy atom. The van der Waals surface area contributed by atoms with Gasteiger partial charge in [-0.2, -0.15) is 0 Å². The first-order chi connectivity index (χ1) is 8.29. The SMILES string of the molecule is CCNCc1cc(CN2CC=CCC2)c(C)o1. The van der Waals surface area contributed by atoms with Crippen LogP contribution in [0.4, 0.5) is 0 Å². The zero-order chi connectivity index (χ0) is 12.1. The Bertz CT molecular complexity index is 382. The molecule has 3 nitrogen and oxygen atoms in total. The highest BCUT2D eigenvalue weighted by Gasteiger charge is 2.12. The first kappa shape index (κ1) is 12.4. The number of rotatable bonds is 5. The van der Waals surface area contributed by atoms with Gasteiger partial charge in [0.15, 0.2) is 0 Å². The normalized spacial score (nSPS) is 16.6. The van der Waals surface area contributed by atoms with E-state index in [2.05, 4.69) is 42.3 Å². The van der Waals surface area contributed by atoms with E-state index in [1.165, 1.54) is 12.0 Å². The maximum absolute atomic E-state index is 5.75. The summed E-state index contributed by atoms with van der Waals surface area (Å²) in [5, 5.41) is 3.29. The molecule has 0 amide bonds. The molecule has 1 aromatic heterocycles. The summed E-state index contributed by atoms with van der Waals surface area (Å²) in [4.78, 5) is 2.45. The molecule has 0 aliphatic carbocycles. The maximum atomic E-state index is 5.75. The minimum absolute atomic E-state index is 0.831. The molecule has 1 aromatic rings. The average Bonchev–Trinajstić information content (AvgIpc) is 2.69. The number of hydrogen-bond donors (Lipinski definition) is 1. The molecule has 0 aromatic carbocycles. The van der Waals surface area contributed by atoms with E-state index >= 15 is 0 Å². The largest absolute Gasteiger partial charge is 0.465 e. The molecule has 2 heterocycles. The molecule has 94 valence electrons. The molecule has 1 aliphatic heterocycles. The fraction of sp³-hybridized carbons (Fsp3) is 0.571.